The topological polar surface area (TPSA) is 112 Å². The van der Waals surface area contributed by atoms with Gasteiger partial charge >= 0.3 is 11.7 Å². The summed E-state index contributed by atoms with van der Waals surface area (Å²) in [7, 11) is 0. The molecule has 0 aromatic carbocycles. The number of aromatic nitrogens is 5. The molecule has 0 saturated carbocycles. The number of fused-ring (bicyclic) bond motifs is 1. The Bertz CT molecular complexity index is 1180. The number of imidazole rings is 1. The Balaban J connectivity index is 1.89. The molecule has 160 valence electrons. The van der Waals surface area contributed by atoms with Gasteiger partial charge in [0.05, 0.1) is 10.7 Å². The van der Waals surface area contributed by atoms with Crippen molar-refractivity contribution >= 4 is 34.5 Å². The van der Waals surface area contributed by atoms with E-state index in [1.807, 2.05) is 26.2 Å². The molecule has 0 spiro atoms. The zero-order valence-corrected chi connectivity index (χ0v) is 18.1. The van der Waals surface area contributed by atoms with E-state index in [1.54, 1.807) is 10.6 Å². The highest BCUT2D eigenvalue weighted by Crippen LogP contribution is 2.14. The van der Waals surface area contributed by atoms with Gasteiger partial charge < -0.3 is 9.30 Å². The monoisotopic (exact) mass is 431 g/mol. The van der Waals surface area contributed by atoms with Crippen LogP contribution in [0.3, 0.4) is 0 Å². The molecule has 0 amide bonds. The number of esters is 1. The first kappa shape index (κ1) is 21.7. The average Bonchev–Trinajstić information content (AvgIpc) is 3.29. The van der Waals surface area contributed by atoms with E-state index < -0.39 is 17.2 Å². The van der Waals surface area contributed by atoms with E-state index in [-0.39, 0.29) is 6.61 Å². The summed E-state index contributed by atoms with van der Waals surface area (Å²) in [5.41, 5.74) is 0.378. The predicted octanol–water partition coefficient (Wildman–Crippen LogP) is 2.62. The number of hydrogen-bond acceptors (Lipinski definition) is 7. The first-order valence-corrected chi connectivity index (χ1v) is 10.8. The van der Waals surface area contributed by atoms with E-state index in [1.165, 1.54) is 22.0 Å². The minimum Gasteiger partial charge on any atom is -0.454 e. The van der Waals surface area contributed by atoms with E-state index in [2.05, 4.69) is 15.0 Å². The van der Waals surface area contributed by atoms with Gasteiger partial charge in [-0.2, -0.15) is 0 Å². The van der Waals surface area contributed by atoms with Gasteiger partial charge in [0.2, 0.25) is 0 Å². The van der Waals surface area contributed by atoms with Crippen LogP contribution >= 0.6 is 11.3 Å². The Morgan fingerprint density at radius 1 is 1.20 bits per heavy atom. The lowest BCUT2D eigenvalue weighted by atomic mass is 10.3. The zero-order chi connectivity index (χ0) is 21.7. The molecule has 3 aromatic rings. The minimum atomic E-state index is -0.534. The Hall–Kier alpha value is -3.01. The molecular weight excluding hydrogens is 406 g/mol. The number of aromatic amines is 1. The molecule has 0 unspecified atom stereocenters. The third kappa shape index (κ3) is 4.76. The maximum atomic E-state index is 12.5. The van der Waals surface area contributed by atoms with E-state index >= 15 is 0 Å². The van der Waals surface area contributed by atoms with Crippen molar-refractivity contribution in [2.45, 2.75) is 59.7 Å². The van der Waals surface area contributed by atoms with Crippen LogP contribution in [0.4, 0.5) is 0 Å². The number of unbranched alkanes of at least 4 members (excludes halogenated alkanes) is 1. The van der Waals surface area contributed by atoms with Crippen molar-refractivity contribution in [1.82, 2.24) is 24.1 Å². The van der Waals surface area contributed by atoms with Crippen LogP contribution in [0.2, 0.25) is 0 Å². The molecule has 30 heavy (non-hydrogen) atoms. The standard InChI is InChI=1S/C20H25N5O4S/c1-4-6-10-25-18-17(19(27)23-20(25)28)24(9-5-2)15(22-18)11-29-16(26)8-7-14-12-30-13(3)21-14/h7-8,12H,4-6,9-11H2,1-3H3,(H,23,27,28)/b8-7+. The molecule has 0 saturated heterocycles. The molecule has 0 aliphatic rings. The third-order valence-corrected chi connectivity index (χ3v) is 5.31. The molecule has 3 rings (SSSR count). The third-order valence-electron chi connectivity index (χ3n) is 4.52. The Morgan fingerprint density at radius 3 is 2.67 bits per heavy atom. The van der Waals surface area contributed by atoms with E-state index in [4.69, 9.17) is 4.74 Å². The zero-order valence-electron chi connectivity index (χ0n) is 17.3. The summed E-state index contributed by atoms with van der Waals surface area (Å²) < 4.78 is 8.52. The highest BCUT2D eigenvalue weighted by Gasteiger charge is 2.18. The predicted molar refractivity (Wildman–Crippen MR) is 115 cm³/mol. The number of carbonyl (C=O) groups excluding carboxylic acids is 1. The van der Waals surface area contributed by atoms with Gasteiger partial charge in [-0.25, -0.2) is 19.6 Å². The summed E-state index contributed by atoms with van der Waals surface area (Å²) in [5, 5.41) is 2.76. The molecule has 0 bridgehead atoms. The van der Waals surface area contributed by atoms with Gasteiger partial charge in [0, 0.05) is 24.5 Å². The fourth-order valence-electron chi connectivity index (χ4n) is 3.11. The fraction of sp³-hybridized carbons (Fsp3) is 0.450. The lowest BCUT2D eigenvalue weighted by Gasteiger charge is -2.07. The Morgan fingerprint density at radius 2 is 2.00 bits per heavy atom. The SMILES string of the molecule is CCCCn1c(=O)[nH]c(=O)c2c1nc(COC(=O)/C=C/c1csc(C)n1)n2CCC. The smallest absolute Gasteiger partial charge is 0.331 e. The van der Waals surface area contributed by atoms with Crippen LogP contribution < -0.4 is 11.2 Å². The quantitative estimate of drug-likeness (QED) is 0.412. The van der Waals surface area contributed by atoms with Gasteiger partial charge in [0.1, 0.15) is 12.4 Å². The largest absolute Gasteiger partial charge is 0.454 e. The van der Waals surface area contributed by atoms with Crippen molar-refractivity contribution in [2.75, 3.05) is 0 Å². The first-order chi connectivity index (χ1) is 14.4. The van der Waals surface area contributed by atoms with Crippen molar-refractivity contribution in [3.05, 3.63) is 48.8 Å². The van der Waals surface area contributed by atoms with Crippen LogP contribution in [0.15, 0.2) is 21.0 Å². The number of thiazole rings is 1. The Kier molecular flexibility index (Phi) is 6.99. The van der Waals surface area contributed by atoms with Crippen LogP contribution in [0.1, 0.15) is 49.6 Å². The van der Waals surface area contributed by atoms with Crippen molar-refractivity contribution in [3.8, 4) is 0 Å². The number of carbonyl (C=O) groups is 1. The molecule has 0 aliphatic heterocycles. The fourth-order valence-corrected chi connectivity index (χ4v) is 3.69. The molecule has 3 aromatic heterocycles. The normalized spacial score (nSPS) is 11.6. The van der Waals surface area contributed by atoms with Crippen LogP contribution in [-0.2, 0) is 29.2 Å². The number of ether oxygens (including phenoxy) is 1. The van der Waals surface area contributed by atoms with Gasteiger partial charge in [-0.1, -0.05) is 20.3 Å². The number of aryl methyl sites for hydroxylation is 3. The molecular formula is C20H25N5O4S. The first-order valence-electron chi connectivity index (χ1n) is 9.93. The van der Waals surface area contributed by atoms with Crippen LogP contribution in [-0.4, -0.2) is 30.1 Å². The number of H-pyrrole nitrogens is 1. The van der Waals surface area contributed by atoms with Crippen molar-refractivity contribution < 1.29 is 9.53 Å². The van der Waals surface area contributed by atoms with Crippen LogP contribution in [0.5, 0.6) is 0 Å². The van der Waals surface area contributed by atoms with E-state index in [0.717, 1.165) is 24.3 Å². The second kappa shape index (κ2) is 9.66. The summed E-state index contributed by atoms with van der Waals surface area (Å²) in [4.78, 5) is 48.0. The van der Waals surface area contributed by atoms with E-state index in [0.29, 0.717) is 35.8 Å². The molecule has 10 heteroatoms. The highest BCUT2D eigenvalue weighted by atomic mass is 32.1. The molecule has 0 fully saturated rings. The second-order valence-electron chi connectivity index (χ2n) is 6.85. The van der Waals surface area contributed by atoms with Crippen molar-refractivity contribution in [1.29, 1.82) is 0 Å². The van der Waals surface area contributed by atoms with Crippen molar-refractivity contribution in [3.63, 3.8) is 0 Å². The Labute approximate surface area is 177 Å². The molecule has 1 N–H and O–H groups in total. The molecule has 0 radical (unpaired) electrons. The minimum absolute atomic E-state index is 0.102. The van der Waals surface area contributed by atoms with Gasteiger partial charge in [-0.3, -0.25) is 14.3 Å². The van der Waals surface area contributed by atoms with E-state index in [9.17, 15) is 14.4 Å². The summed E-state index contributed by atoms with van der Waals surface area (Å²) in [6.45, 7) is 6.76. The van der Waals surface area contributed by atoms with Gasteiger partial charge in [-0.15, -0.1) is 11.3 Å². The lowest BCUT2D eigenvalue weighted by Crippen LogP contribution is -2.31. The van der Waals surface area contributed by atoms with Crippen LogP contribution in [0, 0.1) is 6.92 Å². The molecule has 9 nitrogen and oxygen atoms in total. The maximum absolute atomic E-state index is 12.5. The van der Waals surface area contributed by atoms with Gasteiger partial charge in [-0.05, 0) is 25.8 Å². The number of nitrogens with zero attached hydrogens (tertiary/aromatic N) is 4. The summed E-state index contributed by atoms with van der Waals surface area (Å²) in [5.74, 6) is -0.104. The highest BCUT2D eigenvalue weighted by molar-refractivity contribution is 7.09. The summed E-state index contributed by atoms with van der Waals surface area (Å²) >= 11 is 1.50. The number of nitrogens with one attached hydrogen (secondary N) is 1. The van der Waals surface area contributed by atoms with Gasteiger partial charge in [0.15, 0.2) is 11.2 Å². The molecule has 0 atom stereocenters. The molecule has 0 aliphatic carbocycles. The summed E-state index contributed by atoms with van der Waals surface area (Å²) in [6, 6.07) is 0. The number of rotatable bonds is 9. The maximum Gasteiger partial charge on any atom is 0.331 e. The lowest BCUT2D eigenvalue weighted by molar-refractivity contribution is -0.139. The average molecular weight is 432 g/mol. The van der Waals surface area contributed by atoms with Crippen LogP contribution in [0.25, 0.3) is 17.2 Å². The second-order valence-corrected chi connectivity index (χ2v) is 7.91. The number of hydrogen-bond donors (Lipinski definition) is 1. The van der Waals surface area contributed by atoms with Gasteiger partial charge in [0.25, 0.3) is 5.56 Å². The molecule has 3 heterocycles. The summed E-state index contributed by atoms with van der Waals surface area (Å²) in [6.07, 6.45) is 5.34. The van der Waals surface area contributed by atoms with Crippen molar-refractivity contribution in [2.24, 2.45) is 0 Å².